The molecule has 0 unspecified atom stereocenters. The number of benzene rings is 2. The third kappa shape index (κ3) is 4.37. The fourth-order valence-electron chi connectivity index (χ4n) is 2.08. The Morgan fingerprint density at radius 2 is 1.86 bits per heavy atom. The van der Waals surface area contributed by atoms with Crippen molar-refractivity contribution in [3.63, 3.8) is 0 Å². The molecule has 0 atom stereocenters. The van der Waals surface area contributed by atoms with Gasteiger partial charge in [-0.25, -0.2) is 9.18 Å². The van der Waals surface area contributed by atoms with Gasteiger partial charge in [0.05, 0.1) is 5.56 Å². The molecule has 2 aromatic carbocycles. The number of carbonyl (C=O) groups is 1. The number of halogens is 2. The van der Waals surface area contributed by atoms with E-state index in [0.29, 0.717) is 18.7 Å². The largest absolute Gasteiger partial charge is 0.478 e. The van der Waals surface area contributed by atoms with E-state index in [9.17, 15) is 9.18 Å². The van der Waals surface area contributed by atoms with Crippen LogP contribution in [0.1, 0.15) is 21.5 Å². The molecule has 0 radical (unpaired) electrons. The topological polar surface area (TPSA) is 40.5 Å². The maximum atomic E-state index is 13.8. The maximum absolute atomic E-state index is 13.8. The summed E-state index contributed by atoms with van der Waals surface area (Å²) in [5.74, 6) is -1.44. The van der Waals surface area contributed by atoms with Crippen LogP contribution in [0.5, 0.6) is 0 Å². The number of rotatable bonds is 5. The zero-order chi connectivity index (χ0) is 15.4. The molecule has 1 N–H and O–H groups in total. The van der Waals surface area contributed by atoms with Crippen molar-refractivity contribution < 1.29 is 14.3 Å². The summed E-state index contributed by atoms with van der Waals surface area (Å²) in [5.41, 5.74) is 1.59. The first-order chi connectivity index (χ1) is 9.95. The van der Waals surface area contributed by atoms with E-state index < -0.39 is 5.97 Å². The summed E-state index contributed by atoms with van der Waals surface area (Å²) in [7, 11) is 1.87. The van der Waals surface area contributed by atoms with Gasteiger partial charge in [0.1, 0.15) is 5.82 Å². The molecule has 3 nitrogen and oxygen atoms in total. The highest BCUT2D eigenvalue weighted by Gasteiger charge is 2.10. The molecule has 0 aliphatic carbocycles. The normalized spacial score (nSPS) is 10.9. The van der Waals surface area contributed by atoms with Crippen molar-refractivity contribution in [2.75, 3.05) is 7.05 Å². The van der Waals surface area contributed by atoms with E-state index in [1.54, 1.807) is 0 Å². The average molecular weight is 352 g/mol. The molecule has 0 saturated heterocycles. The molecule has 21 heavy (non-hydrogen) atoms. The van der Waals surface area contributed by atoms with Gasteiger partial charge >= 0.3 is 5.97 Å². The van der Waals surface area contributed by atoms with E-state index >= 15 is 0 Å². The van der Waals surface area contributed by atoms with Crippen molar-refractivity contribution in [3.8, 4) is 0 Å². The molecule has 0 aliphatic rings. The van der Waals surface area contributed by atoms with Crippen molar-refractivity contribution in [3.05, 3.63) is 69.4 Å². The van der Waals surface area contributed by atoms with Gasteiger partial charge in [-0.05, 0) is 42.9 Å². The summed E-state index contributed by atoms with van der Waals surface area (Å²) in [5, 5.41) is 8.95. The van der Waals surface area contributed by atoms with Crippen molar-refractivity contribution in [2.24, 2.45) is 0 Å². The van der Waals surface area contributed by atoms with Gasteiger partial charge in [0.25, 0.3) is 0 Å². The second-order valence-electron chi connectivity index (χ2n) is 4.91. The standard InChI is InChI=1S/C16H15BrFNO2/c1-19(9-11-2-5-14(17)6-3-11)10-13-8-12(16(20)21)4-7-15(13)18/h2-8H,9-10H2,1H3,(H,20,21). The van der Waals surface area contributed by atoms with Crippen LogP contribution in [0.25, 0.3) is 0 Å². The fraction of sp³-hybridized carbons (Fsp3) is 0.188. The van der Waals surface area contributed by atoms with E-state index in [0.717, 1.165) is 10.0 Å². The Kier molecular flexibility index (Phi) is 5.09. The zero-order valence-corrected chi connectivity index (χ0v) is 13.1. The highest BCUT2D eigenvalue weighted by Crippen LogP contribution is 2.16. The molecule has 0 saturated carbocycles. The minimum atomic E-state index is -1.05. The SMILES string of the molecule is CN(Cc1ccc(Br)cc1)Cc1cc(C(=O)O)ccc1F. The Morgan fingerprint density at radius 1 is 1.19 bits per heavy atom. The molecule has 0 aliphatic heterocycles. The van der Waals surface area contributed by atoms with Crippen LogP contribution < -0.4 is 0 Å². The first-order valence-electron chi connectivity index (χ1n) is 6.40. The van der Waals surface area contributed by atoms with Crippen molar-refractivity contribution in [1.82, 2.24) is 4.90 Å². The van der Waals surface area contributed by atoms with E-state index in [-0.39, 0.29) is 11.4 Å². The van der Waals surface area contributed by atoms with Gasteiger partial charge < -0.3 is 5.11 Å². The van der Waals surface area contributed by atoms with Crippen LogP contribution in [0.3, 0.4) is 0 Å². The highest BCUT2D eigenvalue weighted by atomic mass is 79.9. The highest BCUT2D eigenvalue weighted by molar-refractivity contribution is 9.10. The lowest BCUT2D eigenvalue weighted by Crippen LogP contribution is -2.18. The summed E-state index contributed by atoms with van der Waals surface area (Å²) in [4.78, 5) is 12.9. The molecule has 2 rings (SSSR count). The van der Waals surface area contributed by atoms with Gasteiger partial charge in [-0.1, -0.05) is 28.1 Å². The average Bonchev–Trinajstić information content (AvgIpc) is 2.43. The summed E-state index contributed by atoms with van der Waals surface area (Å²) < 4.78 is 14.8. The van der Waals surface area contributed by atoms with Gasteiger partial charge in [-0.15, -0.1) is 0 Å². The quantitative estimate of drug-likeness (QED) is 0.887. The molecular formula is C16H15BrFNO2. The van der Waals surface area contributed by atoms with Gasteiger partial charge in [0, 0.05) is 23.1 Å². The Hall–Kier alpha value is -1.72. The molecule has 2 aromatic rings. The predicted octanol–water partition coefficient (Wildman–Crippen LogP) is 3.92. The lowest BCUT2D eigenvalue weighted by atomic mass is 10.1. The molecule has 5 heteroatoms. The van der Waals surface area contributed by atoms with Crippen molar-refractivity contribution >= 4 is 21.9 Å². The van der Waals surface area contributed by atoms with Crippen LogP contribution in [0.15, 0.2) is 46.9 Å². The van der Waals surface area contributed by atoms with Crippen molar-refractivity contribution in [2.45, 2.75) is 13.1 Å². The van der Waals surface area contributed by atoms with E-state index in [1.165, 1.54) is 18.2 Å². The Morgan fingerprint density at radius 3 is 2.48 bits per heavy atom. The van der Waals surface area contributed by atoms with Crippen molar-refractivity contribution in [1.29, 1.82) is 0 Å². The first-order valence-corrected chi connectivity index (χ1v) is 7.19. The Labute approximate surface area is 131 Å². The summed E-state index contributed by atoms with van der Waals surface area (Å²) >= 11 is 3.38. The Balaban J connectivity index is 2.08. The number of nitrogens with zero attached hydrogens (tertiary/aromatic N) is 1. The number of hydrogen-bond donors (Lipinski definition) is 1. The lowest BCUT2D eigenvalue weighted by Gasteiger charge is -2.17. The van der Waals surface area contributed by atoms with Gasteiger partial charge in [-0.3, -0.25) is 4.90 Å². The number of hydrogen-bond acceptors (Lipinski definition) is 2. The summed E-state index contributed by atoms with van der Waals surface area (Å²) in [6, 6.07) is 11.7. The maximum Gasteiger partial charge on any atom is 0.335 e. The molecule has 0 bridgehead atoms. The molecule has 0 amide bonds. The minimum Gasteiger partial charge on any atom is -0.478 e. The second-order valence-corrected chi connectivity index (χ2v) is 5.83. The van der Waals surface area contributed by atoms with Crippen LogP contribution in [-0.2, 0) is 13.1 Å². The molecule has 0 spiro atoms. The smallest absolute Gasteiger partial charge is 0.335 e. The number of carboxylic acid groups (broad SMARTS) is 1. The number of aromatic carboxylic acids is 1. The lowest BCUT2D eigenvalue weighted by molar-refractivity contribution is 0.0696. The first kappa shape index (κ1) is 15.7. The molecule has 110 valence electrons. The molecule has 0 fully saturated rings. The summed E-state index contributed by atoms with van der Waals surface area (Å²) in [6.07, 6.45) is 0. The van der Waals surface area contributed by atoms with E-state index in [1.807, 2.05) is 36.2 Å². The van der Waals surface area contributed by atoms with Crippen LogP contribution in [-0.4, -0.2) is 23.0 Å². The zero-order valence-electron chi connectivity index (χ0n) is 11.5. The monoisotopic (exact) mass is 351 g/mol. The van der Waals surface area contributed by atoms with Crippen LogP contribution in [0, 0.1) is 5.82 Å². The second kappa shape index (κ2) is 6.83. The molecular weight excluding hydrogens is 337 g/mol. The predicted molar refractivity (Wildman–Crippen MR) is 82.7 cm³/mol. The van der Waals surface area contributed by atoms with E-state index in [4.69, 9.17) is 5.11 Å². The van der Waals surface area contributed by atoms with Crippen LogP contribution >= 0.6 is 15.9 Å². The van der Waals surface area contributed by atoms with Crippen LogP contribution in [0.4, 0.5) is 4.39 Å². The number of carboxylic acids is 1. The summed E-state index contributed by atoms with van der Waals surface area (Å²) in [6.45, 7) is 1.01. The third-order valence-electron chi connectivity index (χ3n) is 3.10. The molecule has 0 heterocycles. The third-order valence-corrected chi connectivity index (χ3v) is 3.63. The Bertz CT molecular complexity index is 643. The molecule has 0 aromatic heterocycles. The van der Waals surface area contributed by atoms with E-state index in [2.05, 4.69) is 15.9 Å². The van der Waals surface area contributed by atoms with Gasteiger partial charge in [-0.2, -0.15) is 0 Å². The fourth-order valence-corrected chi connectivity index (χ4v) is 2.34. The minimum absolute atomic E-state index is 0.100. The van der Waals surface area contributed by atoms with Gasteiger partial charge in [0.2, 0.25) is 0 Å². The van der Waals surface area contributed by atoms with Gasteiger partial charge in [0.15, 0.2) is 0 Å². The van der Waals surface area contributed by atoms with Crippen LogP contribution in [0.2, 0.25) is 0 Å².